The molecule has 0 aliphatic carbocycles. The van der Waals surface area contributed by atoms with Gasteiger partial charge in [0.2, 0.25) is 6.29 Å². The van der Waals surface area contributed by atoms with Gasteiger partial charge in [0, 0.05) is 5.56 Å². The van der Waals surface area contributed by atoms with Crippen LogP contribution in [-0.2, 0) is 11.2 Å². The summed E-state index contributed by atoms with van der Waals surface area (Å²) >= 11 is 0. The molecule has 7 nitrogen and oxygen atoms in total. The van der Waals surface area contributed by atoms with Crippen LogP contribution in [0.4, 0.5) is 0 Å². The Morgan fingerprint density at radius 2 is 1.40 bits per heavy atom. The van der Waals surface area contributed by atoms with Gasteiger partial charge < -0.3 is 34.6 Å². The van der Waals surface area contributed by atoms with E-state index in [9.17, 15) is 20.4 Å². The van der Waals surface area contributed by atoms with Crippen molar-refractivity contribution in [3.05, 3.63) is 22.3 Å². The molecule has 1 aromatic rings. The fourth-order valence-corrected chi connectivity index (χ4v) is 6.72. The number of ether oxygens (including phenoxy) is 3. The summed E-state index contributed by atoms with van der Waals surface area (Å²) in [5, 5.41) is 40.4. The van der Waals surface area contributed by atoms with Gasteiger partial charge in [-0.25, -0.2) is 0 Å². The fourth-order valence-electron chi connectivity index (χ4n) is 6.72. The highest BCUT2D eigenvalue weighted by Crippen LogP contribution is 2.45. The van der Waals surface area contributed by atoms with Gasteiger partial charge in [0.05, 0.1) is 6.61 Å². The standard InChI is InChI=1S/C35H60O7/c1-21(2)12-9-13-22(3)14-10-15-23(4)16-11-18-35(8)19-17-27-26(7)32(24(5)25(6)33(27)42-35)41-34-31(39)30(38)29(37)28(20-36)40-34/h21-23,28-31,34,36-39H,9-20H2,1-8H3/t22-,23-,28+,29-,30-,31+,34-,35-/m0/s1. The second-order valence-corrected chi connectivity index (χ2v) is 14.2. The number of aliphatic hydroxyl groups excluding tert-OH is 4. The average molecular weight is 593 g/mol. The highest BCUT2D eigenvalue weighted by molar-refractivity contribution is 5.59. The van der Waals surface area contributed by atoms with Crippen LogP contribution in [0.25, 0.3) is 0 Å². The minimum Gasteiger partial charge on any atom is -0.487 e. The normalized spacial score (nSPS) is 29.2. The summed E-state index contributed by atoms with van der Waals surface area (Å²) in [6.07, 6.45) is 6.72. The molecule has 42 heavy (non-hydrogen) atoms. The Bertz CT molecular complexity index is 992. The summed E-state index contributed by atoms with van der Waals surface area (Å²) in [4.78, 5) is 0. The molecular formula is C35H60O7. The molecule has 0 bridgehead atoms. The van der Waals surface area contributed by atoms with Gasteiger partial charge in [-0.1, -0.05) is 72.6 Å². The van der Waals surface area contributed by atoms with E-state index in [0.29, 0.717) is 5.75 Å². The lowest BCUT2D eigenvalue weighted by Crippen LogP contribution is -2.60. The fraction of sp³-hybridized carbons (Fsp3) is 0.829. The minimum atomic E-state index is -1.48. The molecular weight excluding hydrogens is 532 g/mol. The Morgan fingerprint density at radius 3 is 2.00 bits per heavy atom. The molecule has 0 amide bonds. The summed E-state index contributed by atoms with van der Waals surface area (Å²) in [5.41, 5.74) is 3.71. The number of fused-ring (bicyclic) bond motifs is 1. The quantitative estimate of drug-likeness (QED) is 0.189. The first-order valence-corrected chi connectivity index (χ1v) is 16.6. The van der Waals surface area contributed by atoms with Gasteiger partial charge in [0.25, 0.3) is 0 Å². The monoisotopic (exact) mass is 592 g/mol. The Labute approximate surface area is 255 Å². The van der Waals surface area contributed by atoms with Gasteiger partial charge >= 0.3 is 0 Å². The van der Waals surface area contributed by atoms with Crippen molar-refractivity contribution < 1.29 is 34.6 Å². The summed E-state index contributed by atoms with van der Waals surface area (Å²) in [7, 11) is 0. The predicted molar refractivity (Wildman–Crippen MR) is 167 cm³/mol. The van der Waals surface area contributed by atoms with Crippen molar-refractivity contribution in [3.8, 4) is 11.5 Å². The first-order chi connectivity index (χ1) is 19.8. The summed E-state index contributed by atoms with van der Waals surface area (Å²) in [6, 6.07) is 0. The number of rotatable bonds is 15. The molecule has 1 saturated heterocycles. The molecule has 7 heteroatoms. The number of hydrogen-bond acceptors (Lipinski definition) is 7. The van der Waals surface area contributed by atoms with Crippen molar-refractivity contribution >= 4 is 0 Å². The number of hydrogen-bond donors (Lipinski definition) is 4. The molecule has 0 unspecified atom stereocenters. The van der Waals surface area contributed by atoms with E-state index in [1.165, 1.54) is 44.9 Å². The van der Waals surface area contributed by atoms with E-state index in [1.807, 2.05) is 20.8 Å². The summed E-state index contributed by atoms with van der Waals surface area (Å²) in [6.45, 7) is 17.2. The lowest BCUT2D eigenvalue weighted by atomic mass is 9.83. The van der Waals surface area contributed by atoms with E-state index in [0.717, 1.165) is 71.4 Å². The second kappa shape index (κ2) is 15.6. The lowest BCUT2D eigenvalue weighted by molar-refractivity contribution is -0.277. The van der Waals surface area contributed by atoms with E-state index in [1.54, 1.807) is 0 Å². The van der Waals surface area contributed by atoms with Gasteiger partial charge in [-0.05, 0) is 87.8 Å². The average Bonchev–Trinajstić information content (AvgIpc) is 2.93. The van der Waals surface area contributed by atoms with Crippen LogP contribution >= 0.6 is 0 Å². The van der Waals surface area contributed by atoms with Crippen molar-refractivity contribution in [1.82, 2.24) is 0 Å². The predicted octanol–water partition coefficient (Wildman–Crippen LogP) is 6.31. The van der Waals surface area contributed by atoms with Gasteiger partial charge in [-0.3, -0.25) is 0 Å². The molecule has 1 aromatic carbocycles. The van der Waals surface area contributed by atoms with Crippen LogP contribution < -0.4 is 9.47 Å². The Kier molecular flexibility index (Phi) is 13.0. The van der Waals surface area contributed by atoms with Crippen molar-refractivity contribution in [1.29, 1.82) is 0 Å². The van der Waals surface area contributed by atoms with Crippen LogP contribution in [0.1, 0.15) is 121 Å². The maximum absolute atomic E-state index is 10.5. The molecule has 2 aliphatic rings. The Morgan fingerprint density at radius 1 is 0.810 bits per heavy atom. The molecule has 2 aliphatic heterocycles. The molecule has 0 spiro atoms. The third kappa shape index (κ3) is 8.84. The first-order valence-electron chi connectivity index (χ1n) is 16.6. The third-order valence-corrected chi connectivity index (χ3v) is 9.92. The molecule has 0 saturated carbocycles. The Balaban J connectivity index is 1.55. The number of aliphatic hydroxyl groups is 4. The highest BCUT2D eigenvalue weighted by Gasteiger charge is 2.45. The molecule has 2 heterocycles. The smallest absolute Gasteiger partial charge is 0.229 e. The number of benzene rings is 1. The van der Waals surface area contributed by atoms with Crippen molar-refractivity contribution in [2.75, 3.05) is 6.61 Å². The zero-order valence-corrected chi connectivity index (χ0v) is 27.6. The molecule has 4 N–H and O–H groups in total. The summed E-state index contributed by atoms with van der Waals surface area (Å²) in [5.74, 6) is 3.91. The van der Waals surface area contributed by atoms with Crippen LogP contribution in [0.15, 0.2) is 0 Å². The van der Waals surface area contributed by atoms with E-state index in [4.69, 9.17) is 14.2 Å². The molecule has 3 rings (SSSR count). The molecule has 0 radical (unpaired) electrons. The van der Waals surface area contributed by atoms with Crippen LogP contribution in [0, 0.1) is 38.5 Å². The van der Waals surface area contributed by atoms with Gasteiger partial charge in [-0.15, -0.1) is 0 Å². The van der Waals surface area contributed by atoms with Crippen LogP contribution in [0.3, 0.4) is 0 Å². The molecule has 8 atom stereocenters. The van der Waals surface area contributed by atoms with Gasteiger partial charge in [0.15, 0.2) is 0 Å². The lowest BCUT2D eigenvalue weighted by Gasteiger charge is -2.41. The maximum Gasteiger partial charge on any atom is 0.229 e. The topological polar surface area (TPSA) is 109 Å². The first kappa shape index (κ1) is 35.1. The third-order valence-electron chi connectivity index (χ3n) is 9.92. The SMILES string of the molecule is Cc1c(C)c2c(c(C)c1O[C@@H]1O[C@H](CO)[C@H](O)[C@H](O)[C@H]1O)CC[C@](C)(CCC[C@@H](C)CCC[C@@H](C)CCCC(C)C)O2. The minimum absolute atomic E-state index is 0.207. The van der Waals surface area contributed by atoms with Crippen LogP contribution in [-0.4, -0.2) is 63.3 Å². The second-order valence-electron chi connectivity index (χ2n) is 14.2. The molecule has 242 valence electrons. The molecule has 0 aromatic heterocycles. The largest absolute Gasteiger partial charge is 0.487 e. The zero-order valence-electron chi connectivity index (χ0n) is 27.6. The Hall–Kier alpha value is -1.38. The zero-order chi connectivity index (χ0) is 31.2. The van der Waals surface area contributed by atoms with Crippen molar-refractivity contribution in [3.63, 3.8) is 0 Å². The van der Waals surface area contributed by atoms with Gasteiger partial charge in [-0.2, -0.15) is 0 Å². The van der Waals surface area contributed by atoms with Crippen molar-refractivity contribution in [2.45, 2.75) is 162 Å². The van der Waals surface area contributed by atoms with Crippen molar-refractivity contribution in [2.24, 2.45) is 17.8 Å². The van der Waals surface area contributed by atoms with Gasteiger partial charge in [0.1, 0.15) is 41.5 Å². The van der Waals surface area contributed by atoms with Crippen LogP contribution in [0.2, 0.25) is 0 Å². The summed E-state index contributed by atoms with van der Waals surface area (Å²) < 4.78 is 18.5. The van der Waals surface area contributed by atoms with E-state index >= 15 is 0 Å². The van der Waals surface area contributed by atoms with Crippen LogP contribution in [0.5, 0.6) is 11.5 Å². The maximum atomic E-state index is 10.5. The highest BCUT2D eigenvalue weighted by atomic mass is 16.7. The van der Waals surface area contributed by atoms with E-state index < -0.39 is 37.3 Å². The molecule has 1 fully saturated rings. The van der Waals surface area contributed by atoms with E-state index in [2.05, 4.69) is 34.6 Å². The van der Waals surface area contributed by atoms with E-state index in [-0.39, 0.29) is 5.60 Å².